The fraction of sp³-hybridized carbons (Fsp3) is 0.429. The van der Waals surface area contributed by atoms with Gasteiger partial charge >= 0.3 is 0 Å². The third kappa shape index (κ3) is 5.03. The van der Waals surface area contributed by atoms with Gasteiger partial charge in [-0.1, -0.05) is 24.3 Å². The minimum absolute atomic E-state index is 0.0987. The summed E-state index contributed by atoms with van der Waals surface area (Å²) in [5, 5.41) is 9.47. The summed E-state index contributed by atoms with van der Waals surface area (Å²) in [6.07, 6.45) is 0.645. The number of benzene rings is 2. The van der Waals surface area contributed by atoms with Crippen molar-refractivity contribution in [1.82, 2.24) is 9.80 Å². The van der Waals surface area contributed by atoms with Crippen LogP contribution in [-0.4, -0.2) is 54.3 Å². The summed E-state index contributed by atoms with van der Waals surface area (Å²) in [5.74, 6) is -0.770. The standard InChI is InChI=1S/C21H26F2N2O2/c1-27-21-5-3-2-4-17(21)14-24-9-10-25(18(15-24)8-11-26)13-16-6-7-19(22)20(23)12-16/h2-7,12,18,26H,8-11,13-15H2,1H3. The Morgan fingerprint density at radius 1 is 1.07 bits per heavy atom. The first-order chi connectivity index (χ1) is 13.1. The van der Waals surface area contributed by atoms with Gasteiger partial charge in [0.1, 0.15) is 5.75 Å². The Morgan fingerprint density at radius 2 is 1.89 bits per heavy atom. The van der Waals surface area contributed by atoms with Gasteiger partial charge in [0, 0.05) is 50.9 Å². The molecule has 1 aliphatic rings. The van der Waals surface area contributed by atoms with Crippen LogP contribution in [-0.2, 0) is 13.1 Å². The fourth-order valence-electron chi connectivity index (χ4n) is 3.68. The lowest BCUT2D eigenvalue weighted by atomic mass is 10.1. The van der Waals surface area contributed by atoms with Gasteiger partial charge in [-0.3, -0.25) is 9.80 Å². The highest BCUT2D eigenvalue weighted by Crippen LogP contribution is 2.23. The molecule has 2 aromatic carbocycles. The van der Waals surface area contributed by atoms with Crippen LogP contribution < -0.4 is 4.74 Å². The Labute approximate surface area is 159 Å². The largest absolute Gasteiger partial charge is 0.496 e. The molecule has 4 nitrogen and oxygen atoms in total. The molecule has 146 valence electrons. The number of methoxy groups -OCH3 is 1. The van der Waals surface area contributed by atoms with Gasteiger partial charge < -0.3 is 9.84 Å². The van der Waals surface area contributed by atoms with Gasteiger partial charge in [-0.05, 0) is 30.2 Å². The van der Waals surface area contributed by atoms with Crippen molar-refractivity contribution in [3.05, 3.63) is 65.2 Å². The summed E-state index contributed by atoms with van der Waals surface area (Å²) in [7, 11) is 1.67. The number of aliphatic hydroxyl groups is 1. The monoisotopic (exact) mass is 376 g/mol. The number of hydrogen-bond acceptors (Lipinski definition) is 4. The average molecular weight is 376 g/mol. The van der Waals surface area contributed by atoms with Crippen LogP contribution in [0.25, 0.3) is 0 Å². The number of rotatable bonds is 7. The highest BCUT2D eigenvalue weighted by molar-refractivity contribution is 5.33. The summed E-state index contributed by atoms with van der Waals surface area (Å²) in [6, 6.07) is 12.2. The molecule has 0 bridgehead atoms. The van der Waals surface area contributed by atoms with Crippen LogP contribution in [0, 0.1) is 11.6 Å². The molecule has 0 aliphatic carbocycles. The molecule has 1 fully saturated rings. The lowest BCUT2D eigenvalue weighted by Crippen LogP contribution is -2.52. The molecule has 0 spiro atoms. The Kier molecular flexibility index (Phi) is 6.77. The molecule has 0 radical (unpaired) electrons. The second kappa shape index (κ2) is 9.26. The zero-order valence-corrected chi connectivity index (χ0v) is 15.6. The maximum absolute atomic E-state index is 13.5. The van der Waals surface area contributed by atoms with E-state index >= 15 is 0 Å². The number of nitrogens with zero attached hydrogens (tertiary/aromatic N) is 2. The highest BCUT2D eigenvalue weighted by Gasteiger charge is 2.27. The van der Waals surface area contributed by atoms with E-state index in [1.165, 1.54) is 12.1 Å². The van der Waals surface area contributed by atoms with E-state index in [2.05, 4.69) is 15.9 Å². The number of piperazine rings is 1. The average Bonchev–Trinajstić information content (AvgIpc) is 2.67. The molecule has 1 aliphatic heterocycles. The van der Waals surface area contributed by atoms with Crippen molar-refractivity contribution >= 4 is 0 Å². The predicted molar refractivity (Wildman–Crippen MR) is 101 cm³/mol. The van der Waals surface area contributed by atoms with Crippen molar-refractivity contribution < 1.29 is 18.6 Å². The predicted octanol–water partition coefficient (Wildman–Crippen LogP) is 3.04. The highest BCUT2D eigenvalue weighted by atomic mass is 19.2. The van der Waals surface area contributed by atoms with Gasteiger partial charge in [-0.25, -0.2) is 8.78 Å². The molecule has 1 unspecified atom stereocenters. The molecule has 1 heterocycles. The zero-order valence-electron chi connectivity index (χ0n) is 15.6. The van der Waals surface area contributed by atoms with Crippen molar-refractivity contribution in [2.45, 2.75) is 25.6 Å². The first-order valence-electron chi connectivity index (χ1n) is 9.23. The summed E-state index contributed by atoms with van der Waals surface area (Å²) in [4.78, 5) is 4.58. The van der Waals surface area contributed by atoms with E-state index in [1.807, 2.05) is 18.2 Å². The third-order valence-corrected chi connectivity index (χ3v) is 5.11. The topological polar surface area (TPSA) is 35.9 Å². The fourth-order valence-corrected chi connectivity index (χ4v) is 3.68. The first kappa shape index (κ1) is 19.7. The van der Waals surface area contributed by atoms with E-state index in [-0.39, 0.29) is 12.6 Å². The van der Waals surface area contributed by atoms with E-state index in [0.29, 0.717) is 13.0 Å². The normalized spacial score (nSPS) is 18.6. The Bertz CT molecular complexity index is 757. The molecule has 0 saturated carbocycles. The van der Waals surface area contributed by atoms with Gasteiger partial charge in [0.05, 0.1) is 7.11 Å². The summed E-state index contributed by atoms with van der Waals surface area (Å²) >= 11 is 0. The van der Waals surface area contributed by atoms with E-state index in [0.717, 1.165) is 43.1 Å². The molecule has 0 amide bonds. The van der Waals surface area contributed by atoms with Crippen LogP contribution >= 0.6 is 0 Å². The van der Waals surface area contributed by atoms with Crippen LogP contribution in [0.2, 0.25) is 0 Å². The Morgan fingerprint density at radius 3 is 2.63 bits per heavy atom. The van der Waals surface area contributed by atoms with E-state index < -0.39 is 11.6 Å². The number of ether oxygens (including phenoxy) is 1. The number of aliphatic hydroxyl groups excluding tert-OH is 1. The lowest BCUT2D eigenvalue weighted by Gasteiger charge is -2.41. The summed E-state index contributed by atoms with van der Waals surface area (Å²) in [5.41, 5.74) is 1.88. The molecular weight excluding hydrogens is 350 g/mol. The second-order valence-electron chi connectivity index (χ2n) is 6.93. The van der Waals surface area contributed by atoms with Crippen molar-refractivity contribution in [3.8, 4) is 5.75 Å². The van der Waals surface area contributed by atoms with Crippen LogP contribution in [0.1, 0.15) is 17.5 Å². The summed E-state index contributed by atoms with van der Waals surface area (Å²) in [6.45, 7) is 3.90. The molecule has 1 N–H and O–H groups in total. The molecule has 3 rings (SSSR count). The van der Waals surface area contributed by atoms with Gasteiger partial charge in [-0.15, -0.1) is 0 Å². The zero-order chi connectivity index (χ0) is 19.2. The third-order valence-electron chi connectivity index (χ3n) is 5.11. The molecular formula is C21H26F2N2O2. The van der Waals surface area contributed by atoms with Gasteiger partial charge in [0.15, 0.2) is 11.6 Å². The van der Waals surface area contributed by atoms with Crippen LogP contribution in [0.3, 0.4) is 0 Å². The van der Waals surface area contributed by atoms with E-state index in [1.54, 1.807) is 13.2 Å². The molecule has 6 heteroatoms. The molecule has 1 atom stereocenters. The Hall–Kier alpha value is -2.02. The van der Waals surface area contributed by atoms with Crippen molar-refractivity contribution in [1.29, 1.82) is 0 Å². The van der Waals surface area contributed by atoms with Gasteiger partial charge in [0.25, 0.3) is 0 Å². The van der Waals surface area contributed by atoms with Gasteiger partial charge in [0.2, 0.25) is 0 Å². The number of halogens is 2. The SMILES string of the molecule is COc1ccccc1CN1CCN(Cc2ccc(F)c(F)c2)C(CCO)C1. The Balaban J connectivity index is 1.66. The number of hydrogen-bond donors (Lipinski definition) is 1. The smallest absolute Gasteiger partial charge is 0.159 e. The first-order valence-corrected chi connectivity index (χ1v) is 9.23. The van der Waals surface area contributed by atoms with E-state index in [4.69, 9.17) is 4.74 Å². The molecule has 0 aromatic heterocycles. The van der Waals surface area contributed by atoms with Crippen molar-refractivity contribution in [2.75, 3.05) is 33.4 Å². The van der Waals surface area contributed by atoms with Crippen LogP contribution in [0.5, 0.6) is 5.75 Å². The molecule has 2 aromatic rings. The minimum atomic E-state index is -0.827. The summed E-state index contributed by atoms with van der Waals surface area (Å²) < 4.78 is 32.1. The quantitative estimate of drug-likeness (QED) is 0.806. The molecule has 27 heavy (non-hydrogen) atoms. The maximum Gasteiger partial charge on any atom is 0.159 e. The number of para-hydroxylation sites is 1. The van der Waals surface area contributed by atoms with Crippen molar-refractivity contribution in [3.63, 3.8) is 0 Å². The van der Waals surface area contributed by atoms with E-state index in [9.17, 15) is 13.9 Å². The molecule has 1 saturated heterocycles. The van der Waals surface area contributed by atoms with Crippen molar-refractivity contribution in [2.24, 2.45) is 0 Å². The van der Waals surface area contributed by atoms with Crippen LogP contribution in [0.15, 0.2) is 42.5 Å². The van der Waals surface area contributed by atoms with Crippen LogP contribution in [0.4, 0.5) is 8.78 Å². The van der Waals surface area contributed by atoms with Gasteiger partial charge in [-0.2, -0.15) is 0 Å². The second-order valence-corrected chi connectivity index (χ2v) is 6.93. The minimum Gasteiger partial charge on any atom is -0.496 e. The lowest BCUT2D eigenvalue weighted by molar-refractivity contribution is 0.0495. The maximum atomic E-state index is 13.5.